The fourth-order valence-corrected chi connectivity index (χ4v) is 1.57. The van der Waals surface area contributed by atoms with Crippen molar-refractivity contribution in [2.45, 2.75) is 12.8 Å². The molecule has 0 unspecified atom stereocenters. The van der Waals surface area contributed by atoms with Crippen molar-refractivity contribution in [3.05, 3.63) is 24.3 Å². The van der Waals surface area contributed by atoms with Crippen LogP contribution in [0.1, 0.15) is 23.5 Å². The molecule has 0 aliphatic carbocycles. The van der Waals surface area contributed by atoms with Crippen LogP contribution in [0.4, 0.5) is 0 Å². The number of carbonyl (C=O) groups excluding carboxylic acids is 1. The maximum Gasteiger partial charge on any atom is 0.203 e. The Morgan fingerprint density at radius 2 is 1.93 bits per heavy atom. The summed E-state index contributed by atoms with van der Waals surface area (Å²) in [7, 11) is 0. The zero-order chi connectivity index (χ0) is 9.80. The number of hydrogen-bond donors (Lipinski definition) is 0. The van der Waals surface area contributed by atoms with Crippen molar-refractivity contribution in [2.75, 3.05) is 13.2 Å². The lowest BCUT2D eigenvalue weighted by molar-refractivity contribution is 0.0538. The molecule has 1 aromatic rings. The molecule has 0 radical (unpaired) electrons. The van der Waals surface area contributed by atoms with E-state index in [0.29, 0.717) is 19.0 Å². The Labute approximate surface area is 82.3 Å². The van der Waals surface area contributed by atoms with Gasteiger partial charge in [0.2, 0.25) is 5.78 Å². The van der Waals surface area contributed by atoms with Gasteiger partial charge in [0.25, 0.3) is 0 Å². The molecular weight excluding hydrogens is 180 g/mol. The Morgan fingerprint density at radius 3 is 2.57 bits per heavy atom. The van der Waals surface area contributed by atoms with Crippen LogP contribution in [-0.2, 0) is 4.74 Å². The van der Waals surface area contributed by atoms with Gasteiger partial charge in [-0.3, -0.25) is 4.79 Å². The standard InChI is InChI=1S/C10H12N2O2/c13-9(8-2-6-14-7-3-8)10-11-4-1-5-12-10/h1,4-5,8H,2-3,6-7H2. The van der Waals surface area contributed by atoms with Gasteiger partial charge in [0.05, 0.1) is 0 Å². The predicted molar refractivity (Wildman–Crippen MR) is 49.9 cm³/mol. The van der Waals surface area contributed by atoms with E-state index < -0.39 is 0 Å². The van der Waals surface area contributed by atoms with Gasteiger partial charge in [-0.15, -0.1) is 0 Å². The topological polar surface area (TPSA) is 52.1 Å². The molecule has 4 nitrogen and oxygen atoms in total. The number of hydrogen-bond acceptors (Lipinski definition) is 4. The fraction of sp³-hybridized carbons (Fsp3) is 0.500. The summed E-state index contributed by atoms with van der Waals surface area (Å²) in [5, 5.41) is 0. The number of Topliss-reactive ketones (excluding diaryl/α,β-unsaturated/α-hetero) is 1. The van der Waals surface area contributed by atoms with Gasteiger partial charge in [-0.2, -0.15) is 0 Å². The first-order valence-corrected chi connectivity index (χ1v) is 4.77. The third-order valence-corrected chi connectivity index (χ3v) is 2.38. The molecule has 1 aliphatic heterocycles. The molecule has 0 saturated carbocycles. The molecule has 0 spiro atoms. The fourth-order valence-electron chi connectivity index (χ4n) is 1.57. The highest BCUT2D eigenvalue weighted by molar-refractivity contribution is 5.94. The average Bonchev–Trinajstić information content (AvgIpc) is 2.30. The first-order valence-electron chi connectivity index (χ1n) is 4.77. The van der Waals surface area contributed by atoms with Crippen molar-refractivity contribution in [2.24, 2.45) is 5.92 Å². The lowest BCUT2D eigenvalue weighted by atomic mass is 9.95. The number of aromatic nitrogens is 2. The molecule has 0 bridgehead atoms. The van der Waals surface area contributed by atoms with E-state index >= 15 is 0 Å². The highest BCUT2D eigenvalue weighted by Crippen LogP contribution is 2.17. The van der Waals surface area contributed by atoms with Gasteiger partial charge in [0.1, 0.15) is 0 Å². The van der Waals surface area contributed by atoms with E-state index in [9.17, 15) is 4.79 Å². The Hall–Kier alpha value is -1.29. The number of carbonyl (C=O) groups is 1. The van der Waals surface area contributed by atoms with Gasteiger partial charge in [-0.1, -0.05) is 0 Å². The molecule has 1 aliphatic rings. The highest BCUT2D eigenvalue weighted by atomic mass is 16.5. The van der Waals surface area contributed by atoms with Crippen molar-refractivity contribution in [3.63, 3.8) is 0 Å². The molecule has 2 heterocycles. The molecule has 2 rings (SSSR count). The van der Waals surface area contributed by atoms with Crippen LogP contribution >= 0.6 is 0 Å². The largest absolute Gasteiger partial charge is 0.381 e. The van der Waals surface area contributed by atoms with Gasteiger partial charge in [0.15, 0.2) is 5.82 Å². The molecule has 0 atom stereocenters. The Morgan fingerprint density at radius 1 is 1.29 bits per heavy atom. The smallest absolute Gasteiger partial charge is 0.203 e. The van der Waals surface area contributed by atoms with Gasteiger partial charge >= 0.3 is 0 Å². The number of ketones is 1. The summed E-state index contributed by atoms with van der Waals surface area (Å²) in [4.78, 5) is 19.7. The van der Waals surface area contributed by atoms with Crippen LogP contribution in [0.5, 0.6) is 0 Å². The first kappa shape index (κ1) is 9.27. The maximum atomic E-state index is 11.8. The molecule has 1 aromatic heterocycles. The lowest BCUT2D eigenvalue weighted by Gasteiger charge is -2.19. The minimum Gasteiger partial charge on any atom is -0.381 e. The number of ether oxygens (including phenoxy) is 1. The molecule has 0 N–H and O–H groups in total. The summed E-state index contributed by atoms with van der Waals surface area (Å²) >= 11 is 0. The SMILES string of the molecule is O=C(c1ncccn1)C1CCOCC1. The van der Waals surface area contributed by atoms with Crippen molar-refractivity contribution < 1.29 is 9.53 Å². The molecule has 74 valence electrons. The van der Waals surface area contributed by atoms with Crippen LogP contribution in [0.15, 0.2) is 18.5 Å². The van der Waals surface area contributed by atoms with Crippen molar-refractivity contribution in [3.8, 4) is 0 Å². The summed E-state index contributed by atoms with van der Waals surface area (Å²) in [6, 6.07) is 1.71. The quantitative estimate of drug-likeness (QED) is 0.658. The minimum atomic E-state index is 0.0474. The van der Waals surface area contributed by atoms with E-state index in [1.54, 1.807) is 18.5 Å². The minimum absolute atomic E-state index is 0.0474. The molecule has 0 amide bonds. The third-order valence-electron chi connectivity index (χ3n) is 2.38. The first-order chi connectivity index (χ1) is 6.88. The van der Waals surface area contributed by atoms with Crippen LogP contribution in [-0.4, -0.2) is 29.0 Å². The zero-order valence-corrected chi connectivity index (χ0v) is 7.85. The van der Waals surface area contributed by atoms with Crippen molar-refractivity contribution in [1.82, 2.24) is 9.97 Å². The second-order valence-electron chi connectivity index (χ2n) is 3.32. The summed E-state index contributed by atoms with van der Waals surface area (Å²) in [5.74, 6) is 0.430. The lowest BCUT2D eigenvalue weighted by Crippen LogP contribution is -2.24. The van der Waals surface area contributed by atoms with Gasteiger partial charge in [-0.05, 0) is 18.9 Å². The van der Waals surface area contributed by atoms with Crippen LogP contribution in [0.3, 0.4) is 0 Å². The second-order valence-corrected chi connectivity index (χ2v) is 3.32. The van der Waals surface area contributed by atoms with E-state index in [0.717, 1.165) is 12.8 Å². The maximum absolute atomic E-state index is 11.8. The van der Waals surface area contributed by atoms with E-state index in [2.05, 4.69) is 9.97 Å². The predicted octanol–water partition coefficient (Wildman–Crippen LogP) is 1.09. The molecule has 1 saturated heterocycles. The van der Waals surface area contributed by atoms with Gasteiger partial charge < -0.3 is 4.74 Å². The van der Waals surface area contributed by atoms with Crippen molar-refractivity contribution >= 4 is 5.78 Å². The Bertz CT molecular complexity index is 307. The second kappa shape index (κ2) is 4.28. The molecule has 1 fully saturated rings. The van der Waals surface area contributed by atoms with E-state index in [1.165, 1.54) is 0 Å². The molecular formula is C10H12N2O2. The zero-order valence-electron chi connectivity index (χ0n) is 7.85. The van der Waals surface area contributed by atoms with Gasteiger partial charge in [-0.25, -0.2) is 9.97 Å². The summed E-state index contributed by atoms with van der Waals surface area (Å²) in [6.07, 6.45) is 4.77. The molecule has 0 aromatic carbocycles. The number of rotatable bonds is 2. The van der Waals surface area contributed by atoms with Crippen LogP contribution < -0.4 is 0 Å². The highest BCUT2D eigenvalue weighted by Gasteiger charge is 2.24. The third kappa shape index (κ3) is 1.96. The van der Waals surface area contributed by atoms with Crippen LogP contribution in [0, 0.1) is 5.92 Å². The monoisotopic (exact) mass is 192 g/mol. The molecule has 14 heavy (non-hydrogen) atoms. The Balaban J connectivity index is 2.07. The van der Waals surface area contributed by atoms with E-state index in [1.807, 2.05) is 0 Å². The number of nitrogens with zero attached hydrogens (tertiary/aromatic N) is 2. The van der Waals surface area contributed by atoms with Gasteiger partial charge in [0, 0.05) is 31.5 Å². The summed E-state index contributed by atoms with van der Waals surface area (Å²) < 4.78 is 5.19. The van der Waals surface area contributed by atoms with E-state index in [-0.39, 0.29) is 11.7 Å². The molecule has 4 heteroatoms. The summed E-state index contributed by atoms with van der Waals surface area (Å²) in [6.45, 7) is 1.34. The van der Waals surface area contributed by atoms with Crippen LogP contribution in [0.25, 0.3) is 0 Å². The Kier molecular flexibility index (Phi) is 2.84. The van der Waals surface area contributed by atoms with Crippen molar-refractivity contribution in [1.29, 1.82) is 0 Å². The normalized spacial score (nSPS) is 18.0. The van der Waals surface area contributed by atoms with Crippen LogP contribution in [0.2, 0.25) is 0 Å². The van der Waals surface area contributed by atoms with E-state index in [4.69, 9.17) is 4.74 Å². The summed E-state index contributed by atoms with van der Waals surface area (Å²) in [5.41, 5.74) is 0. The average molecular weight is 192 g/mol.